The van der Waals surface area contributed by atoms with Gasteiger partial charge in [0.2, 0.25) is 0 Å². The van der Waals surface area contributed by atoms with Crippen molar-refractivity contribution >= 4 is 28.3 Å². The van der Waals surface area contributed by atoms with Gasteiger partial charge >= 0.3 is 0 Å². The van der Waals surface area contributed by atoms with Gasteiger partial charge in [-0.05, 0) is 25.8 Å². The molecule has 4 heteroatoms. The first kappa shape index (κ1) is 11.8. The van der Waals surface area contributed by atoms with Gasteiger partial charge in [-0.1, -0.05) is 23.7 Å². The molecule has 1 aliphatic heterocycles. The van der Waals surface area contributed by atoms with Crippen LogP contribution < -0.4 is 0 Å². The number of hydrogen-bond acceptors (Lipinski definition) is 2. The number of Topliss-reactive ketones (excluding diaryl/α,β-unsaturated/α-hetero) is 1. The molecule has 1 aliphatic rings. The minimum absolute atomic E-state index is 0.0357. The molecule has 1 aromatic heterocycles. The molecule has 1 fully saturated rings. The average molecular weight is 264 g/mol. The van der Waals surface area contributed by atoms with Gasteiger partial charge in [-0.2, -0.15) is 0 Å². The SMILES string of the molecule is CC1(C(=O)c2c[nH]c3c(Cl)cccc23)CCCO1. The molecule has 2 aromatic rings. The second-order valence-corrected chi connectivity index (χ2v) is 5.28. The van der Waals surface area contributed by atoms with E-state index < -0.39 is 5.60 Å². The molecule has 1 aromatic carbocycles. The summed E-state index contributed by atoms with van der Waals surface area (Å²) in [5, 5.41) is 1.49. The van der Waals surface area contributed by atoms with Crippen LogP contribution in [0.4, 0.5) is 0 Å². The first-order chi connectivity index (χ1) is 8.62. The van der Waals surface area contributed by atoms with E-state index in [0.29, 0.717) is 17.2 Å². The van der Waals surface area contributed by atoms with Gasteiger partial charge in [0.1, 0.15) is 5.60 Å². The maximum absolute atomic E-state index is 12.6. The first-order valence-electron chi connectivity index (χ1n) is 6.06. The van der Waals surface area contributed by atoms with Crippen molar-refractivity contribution in [2.75, 3.05) is 6.61 Å². The standard InChI is InChI=1S/C14H14ClNO2/c1-14(6-3-7-18-14)13(17)10-8-16-12-9(10)4-2-5-11(12)15/h2,4-5,8,16H,3,6-7H2,1H3. The van der Waals surface area contributed by atoms with E-state index in [1.54, 1.807) is 6.20 Å². The molecule has 1 saturated heterocycles. The number of carbonyl (C=O) groups is 1. The minimum atomic E-state index is -0.683. The number of aromatic amines is 1. The number of hydrogen-bond donors (Lipinski definition) is 1. The van der Waals surface area contributed by atoms with Crippen molar-refractivity contribution in [2.45, 2.75) is 25.4 Å². The Labute approximate surface area is 110 Å². The summed E-state index contributed by atoms with van der Waals surface area (Å²) in [7, 11) is 0. The van der Waals surface area contributed by atoms with Gasteiger partial charge in [-0.25, -0.2) is 0 Å². The number of para-hydroxylation sites is 1. The van der Waals surface area contributed by atoms with Crippen molar-refractivity contribution in [3.63, 3.8) is 0 Å². The zero-order valence-electron chi connectivity index (χ0n) is 10.1. The van der Waals surface area contributed by atoms with Crippen molar-refractivity contribution in [1.82, 2.24) is 4.98 Å². The summed E-state index contributed by atoms with van der Waals surface area (Å²) in [5.74, 6) is 0.0357. The summed E-state index contributed by atoms with van der Waals surface area (Å²) < 4.78 is 5.61. The second kappa shape index (κ2) is 4.11. The van der Waals surface area contributed by atoms with Crippen LogP contribution in [0.15, 0.2) is 24.4 Å². The van der Waals surface area contributed by atoms with Gasteiger partial charge in [0.25, 0.3) is 0 Å². The number of ketones is 1. The Morgan fingerprint density at radius 3 is 3.06 bits per heavy atom. The highest BCUT2D eigenvalue weighted by atomic mass is 35.5. The molecule has 1 unspecified atom stereocenters. The summed E-state index contributed by atoms with van der Waals surface area (Å²) in [5.41, 5.74) is 0.790. The molecule has 3 nitrogen and oxygen atoms in total. The number of carbonyl (C=O) groups excluding carboxylic acids is 1. The lowest BCUT2D eigenvalue weighted by Gasteiger charge is -2.20. The van der Waals surface area contributed by atoms with E-state index in [2.05, 4.69) is 4.98 Å². The van der Waals surface area contributed by atoms with E-state index in [4.69, 9.17) is 16.3 Å². The van der Waals surface area contributed by atoms with Crippen molar-refractivity contribution in [3.8, 4) is 0 Å². The molecule has 0 amide bonds. The van der Waals surface area contributed by atoms with Crippen LogP contribution >= 0.6 is 11.6 Å². The van der Waals surface area contributed by atoms with Crippen LogP contribution in [-0.4, -0.2) is 23.0 Å². The number of aromatic nitrogens is 1. The maximum Gasteiger partial charge on any atom is 0.196 e. The van der Waals surface area contributed by atoms with E-state index in [1.165, 1.54) is 0 Å². The highest BCUT2D eigenvalue weighted by Gasteiger charge is 2.39. The molecule has 0 radical (unpaired) electrons. The third-order valence-corrected chi connectivity index (χ3v) is 3.92. The van der Waals surface area contributed by atoms with Gasteiger partial charge in [0, 0.05) is 23.8 Å². The van der Waals surface area contributed by atoms with Gasteiger partial charge in [0.15, 0.2) is 5.78 Å². The quantitative estimate of drug-likeness (QED) is 0.842. The Morgan fingerprint density at radius 1 is 1.50 bits per heavy atom. The van der Waals surface area contributed by atoms with E-state index in [-0.39, 0.29) is 5.78 Å². The molecule has 18 heavy (non-hydrogen) atoms. The molecule has 0 saturated carbocycles. The number of benzene rings is 1. The van der Waals surface area contributed by atoms with Crippen molar-refractivity contribution in [1.29, 1.82) is 0 Å². The van der Waals surface area contributed by atoms with Crippen LogP contribution in [0.25, 0.3) is 10.9 Å². The second-order valence-electron chi connectivity index (χ2n) is 4.88. The topological polar surface area (TPSA) is 42.1 Å². The van der Waals surface area contributed by atoms with E-state index in [9.17, 15) is 4.79 Å². The Balaban J connectivity index is 2.10. The molecule has 2 heterocycles. The molecule has 1 atom stereocenters. The van der Waals surface area contributed by atoms with Crippen LogP contribution in [0, 0.1) is 0 Å². The highest BCUT2D eigenvalue weighted by molar-refractivity contribution is 6.35. The van der Waals surface area contributed by atoms with Crippen molar-refractivity contribution in [2.24, 2.45) is 0 Å². The predicted octanol–water partition coefficient (Wildman–Crippen LogP) is 3.57. The van der Waals surface area contributed by atoms with Crippen LogP contribution in [0.2, 0.25) is 5.02 Å². The fourth-order valence-electron chi connectivity index (χ4n) is 2.55. The van der Waals surface area contributed by atoms with Crippen LogP contribution in [-0.2, 0) is 4.74 Å². The molecule has 94 valence electrons. The maximum atomic E-state index is 12.6. The third kappa shape index (κ3) is 1.66. The monoisotopic (exact) mass is 263 g/mol. The summed E-state index contributed by atoms with van der Waals surface area (Å²) in [4.78, 5) is 15.6. The Kier molecular flexibility index (Phi) is 2.68. The lowest BCUT2D eigenvalue weighted by molar-refractivity contribution is 0.0215. The van der Waals surface area contributed by atoms with E-state index in [1.807, 2.05) is 25.1 Å². The number of halogens is 1. The van der Waals surface area contributed by atoms with E-state index >= 15 is 0 Å². The lowest BCUT2D eigenvalue weighted by Crippen LogP contribution is -2.34. The van der Waals surface area contributed by atoms with Gasteiger partial charge < -0.3 is 9.72 Å². The molecular formula is C14H14ClNO2. The molecule has 0 aliphatic carbocycles. The molecule has 1 N–H and O–H groups in total. The largest absolute Gasteiger partial charge is 0.367 e. The smallest absolute Gasteiger partial charge is 0.196 e. The molecule has 0 bridgehead atoms. The van der Waals surface area contributed by atoms with Crippen LogP contribution in [0.5, 0.6) is 0 Å². The summed E-state index contributed by atoms with van der Waals surface area (Å²) in [6.07, 6.45) is 3.44. The molecule has 3 rings (SSSR count). The van der Waals surface area contributed by atoms with E-state index in [0.717, 1.165) is 23.7 Å². The summed E-state index contributed by atoms with van der Waals surface area (Å²) >= 11 is 6.10. The summed E-state index contributed by atoms with van der Waals surface area (Å²) in [6, 6.07) is 5.57. The lowest BCUT2D eigenvalue weighted by atomic mass is 9.92. The highest BCUT2D eigenvalue weighted by Crippen LogP contribution is 2.33. The summed E-state index contributed by atoms with van der Waals surface area (Å²) in [6.45, 7) is 2.52. The molecular weight excluding hydrogens is 250 g/mol. The van der Waals surface area contributed by atoms with Gasteiger partial charge in [0.05, 0.1) is 10.5 Å². The number of H-pyrrole nitrogens is 1. The van der Waals surface area contributed by atoms with Crippen LogP contribution in [0.3, 0.4) is 0 Å². The first-order valence-corrected chi connectivity index (χ1v) is 6.44. The average Bonchev–Trinajstić information content (AvgIpc) is 2.96. The fraction of sp³-hybridized carbons (Fsp3) is 0.357. The number of ether oxygens (including phenoxy) is 1. The Hall–Kier alpha value is -1.32. The van der Waals surface area contributed by atoms with Crippen molar-refractivity contribution in [3.05, 3.63) is 35.0 Å². The zero-order chi connectivity index (χ0) is 12.8. The predicted molar refractivity (Wildman–Crippen MR) is 71.2 cm³/mol. The van der Waals surface area contributed by atoms with Gasteiger partial charge in [-0.3, -0.25) is 4.79 Å². The zero-order valence-corrected chi connectivity index (χ0v) is 10.9. The molecule has 0 spiro atoms. The number of fused-ring (bicyclic) bond motifs is 1. The third-order valence-electron chi connectivity index (χ3n) is 3.61. The Bertz CT molecular complexity index is 611. The Morgan fingerprint density at radius 2 is 2.33 bits per heavy atom. The number of nitrogens with one attached hydrogen (secondary N) is 1. The van der Waals surface area contributed by atoms with Crippen LogP contribution in [0.1, 0.15) is 30.1 Å². The minimum Gasteiger partial charge on any atom is -0.367 e. The van der Waals surface area contributed by atoms with Crippen molar-refractivity contribution < 1.29 is 9.53 Å². The normalized spacial score (nSPS) is 23.7. The number of rotatable bonds is 2. The van der Waals surface area contributed by atoms with Gasteiger partial charge in [-0.15, -0.1) is 0 Å². The fourth-order valence-corrected chi connectivity index (χ4v) is 2.78.